The van der Waals surface area contributed by atoms with Gasteiger partial charge in [0.15, 0.2) is 10.8 Å². The molecule has 0 spiro atoms. The molecule has 0 radical (unpaired) electrons. The molecule has 0 aromatic carbocycles. The molecule has 190 valence electrons. The van der Waals surface area contributed by atoms with Crippen LogP contribution in [-0.2, 0) is 33.5 Å². The van der Waals surface area contributed by atoms with E-state index in [-0.39, 0.29) is 39.4 Å². The highest BCUT2D eigenvalue weighted by molar-refractivity contribution is 8.00. The average molecular weight is 546 g/mol. The van der Waals surface area contributed by atoms with Gasteiger partial charge in [-0.25, -0.2) is 9.78 Å². The number of amides is 2. The summed E-state index contributed by atoms with van der Waals surface area (Å²) < 4.78 is 9.91. The second-order valence-electron chi connectivity index (χ2n) is 7.33. The quantitative estimate of drug-likeness (QED) is 0.104. The number of nitrogen functional groups attached to an aromatic ring is 1. The molecule has 0 saturated carbocycles. The molecule has 12 nitrogen and oxygen atoms in total. The fourth-order valence-corrected chi connectivity index (χ4v) is 5.38. The second kappa shape index (κ2) is 12.2. The van der Waals surface area contributed by atoms with Crippen LogP contribution < -0.4 is 11.1 Å². The van der Waals surface area contributed by atoms with Gasteiger partial charge in [-0.1, -0.05) is 36.5 Å². The maximum Gasteiger partial charge on any atom is 0.359 e. The van der Waals surface area contributed by atoms with E-state index in [0.29, 0.717) is 6.42 Å². The van der Waals surface area contributed by atoms with Crippen LogP contribution in [0.5, 0.6) is 0 Å². The molecule has 1 aromatic rings. The summed E-state index contributed by atoms with van der Waals surface area (Å²) in [6.45, 7) is 1.42. The van der Waals surface area contributed by atoms with Crippen molar-refractivity contribution in [3.8, 4) is 0 Å². The number of fused-ring (bicyclic) bond motifs is 1. The molecule has 1 fully saturated rings. The van der Waals surface area contributed by atoms with E-state index in [1.54, 1.807) is 0 Å². The largest absolute Gasteiger partial charge is 0.428 e. The van der Waals surface area contributed by atoms with Crippen molar-refractivity contribution in [3.63, 3.8) is 0 Å². The number of ether oxygens (including phenoxy) is 2. The number of esters is 2. The van der Waals surface area contributed by atoms with E-state index in [4.69, 9.17) is 31.6 Å². The van der Waals surface area contributed by atoms with Gasteiger partial charge in [0.25, 0.3) is 11.8 Å². The molecular formula is C20H24ClN5O7S2. The number of nitrogens with zero attached hydrogens (tertiary/aromatic N) is 3. The molecule has 3 rings (SSSR count). The molecule has 15 heteroatoms. The van der Waals surface area contributed by atoms with Crippen LogP contribution in [-0.4, -0.2) is 70.4 Å². The predicted molar refractivity (Wildman–Crippen MR) is 129 cm³/mol. The van der Waals surface area contributed by atoms with Gasteiger partial charge < -0.3 is 25.4 Å². The molecule has 2 unspecified atom stereocenters. The molecule has 2 atom stereocenters. The van der Waals surface area contributed by atoms with Crippen molar-refractivity contribution in [1.29, 1.82) is 0 Å². The van der Waals surface area contributed by atoms with Crippen LogP contribution in [0, 0.1) is 0 Å². The number of nitrogens with one attached hydrogen (secondary N) is 1. The summed E-state index contributed by atoms with van der Waals surface area (Å²) in [4.78, 5) is 59.8. The van der Waals surface area contributed by atoms with Crippen molar-refractivity contribution in [2.75, 3.05) is 25.4 Å². The van der Waals surface area contributed by atoms with Crippen molar-refractivity contribution in [2.45, 2.75) is 44.0 Å². The molecular weight excluding hydrogens is 522 g/mol. The zero-order chi connectivity index (χ0) is 25.5. The first-order valence-electron chi connectivity index (χ1n) is 10.6. The van der Waals surface area contributed by atoms with E-state index >= 15 is 0 Å². The van der Waals surface area contributed by atoms with Crippen LogP contribution in [0.4, 0.5) is 5.13 Å². The Morgan fingerprint density at radius 1 is 1.34 bits per heavy atom. The molecule has 3 N–H and O–H groups in total. The molecule has 0 aliphatic carbocycles. The molecule has 1 saturated heterocycles. The van der Waals surface area contributed by atoms with Gasteiger partial charge in [-0.2, -0.15) is 0 Å². The average Bonchev–Trinajstić information content (AvgIpc) is 3.26. The number of carbonyl (C=O) groups is 4. The van der Waals surface area contributed by atoms with Crippen molar-refractivity contribution in [1.82, 2.24) is 15.2 Å². The van der Waals surface area contributed by atoms with Crippen molar-refractivity contribution < 1.29 is 33.5 Å². The second-order valence-corrected chi connectivity index (χ2v) is 9.78. The van der Waals surface area contributed by atoms with Crippen LogP contribution in [0.25, 0.3) is 0 Å². The van der Waals surface area contributed by atoms with E-state index in [9.17, 15) is 19.2 Å². The number of thiazole rings is 1. The third kappa shape index (κ3) is 6.24. The molecule has 2 aliphatic heterocycles. The third-order valence-electron chi connectivity index (χ3n) is 4.96. The lowest BCUT2D eigenvalue weighted by Crippen LogP contribution is -2.71. The van der Waals surface area contributed by atoms with E-state index < -0.39 is 42.0 Å². The zero-order valence-electron chi connectivity index (χ0n) is 18.9. The summed E-state index contributed by atoms with van der Waals surface area (Å²) in [5.41, 5.74) is 5.52. The van der Waals surface area contributed by atoms with Crippen LogP contribution in [0.15, 0.2) is 21.3 Å². The molecule has 35 heavy (non-hydrogen) atoms. The lowest BCUT2D eigenvalue weighted by Gasteiger charge is -2.48. The van der Waals surface area contributed by atoms with Crippen LogP contribution in [0.2, 0.25) is 0 Å². The Morgan fingerprint density at radius 3 is 2.77 bits per heavy atom. The first-order chi connectivity index (χ1) is 16.8. The monoisotopic (exact) mass is 545 g/mol. The standard InChI is InChI=1S/C20H24ClN5O7S2/c1-3-4-5-6-12(27)32-9-33-19(30)15-10(21)7-34-18-14(17(29)26(15)18)24-16(28)13(25-31-2)11-8-35-20(22)23-11/h8,14,18H,3-7,9H2,1-2H3,(H2,22,23)(H,24,28)/b25-13+. The number of rotatable bonds is 11. The number of halogens is 1. The first-order valence-corrected chi connectivity index (χ1v) is 12.9. The number of oxime groups is 1. The number of anilines is 1. The number of hydrogen-bond acceptors (Lipinski definition) is 12. The SMILES string of the molecule is CCCCCC(=O)OCOC(=O)C1=C(Cl)CSC2C(NC(=O)/C(=N/OC)c3csc(N)n3)C(=O)N12. The van der Waals surface area contributed by atoms with E-state index in [2.05, 4.69) is 15.5 Å². The lowest BCUT2D eigenvalue weighted by molar-refractivity contribution is -0.168. The lowest BCUT2D eigenvalue weighted by atomic mass is 10.0. The number of thioether (sulfide) groups is 1. The Morgan fingerprint density at radius 2 is 2.11 bits per heavy atom. The number of nitrogens with two attached hydrogens (primary N) is 1. The van der Waals surface area contributed by atoms with Gasteiger partial charge >= 0.3 is 11.9 Å². The smallest absolute Gasteiger partial charge is 0.359 e. The van der Waals surface area contributed by atoms with E-state index in [0.717, 1.165) is 29.1 Å². The molecule has 2 amide bonds. The fraction of sp³-hybridized carbons (Fsp3) is 0.500. The van der Waals surface area contributed by atoms with Crippen molar-refractivity contribution >= 4 is 69.3 Å². The molecule has 3 heterocycles. The van der Waals surface area contributed by atoms with Gasteiger partial charge in [0, 0.05) is 17.6 Å². The Bertz CT molecular complexity index is 1060. The van der Waals surface area contributed by atoms with Gasteiger partial charge in [-0.15, -0.1) is 23.1 Å². The Labute approximate surface area is 214 Å². The summed E-state index contributed by atoms with van der Waals surface area (Å²) in [6.07, 6.45) is 2.75. The topological polar surface area (TPSA) is 163 Å². The summed E-state index contributed by atoms with van der Waals surface area (Å²) >= 11 is 8.59. The number of carbonyl (C=O) groups excluding carboxylic acids is 4. The van der Waals surface area contributed by atoms with Crippen LogP contribution in [0.3, 0.4) is 0 Å². The minimum Gasteiger partial charge on any atom is -0.428 e. The highest BCUT2D eigenvalue weighted by atomic mass is 35.5. The van der Waals surface area contributed by atoms with E-state index in [1.165, 1.54) is 24.3 Å². The Balaban J connectivity index is 1.60. The minimum absolute atomic E-state index is 0.114. The molecule has 1 aromatic heterocycles. The summed E-state index contributed by atoms with van der Waals surface area (Å²) in [5, 5.41) is 7.56. The van der Waals surface area contributed by atoms with Crippen LogP contribution >= 0.6 is 34.7 Å². The Kier molecular flexibility index (Phi) is 9.34. The van der Waals surface area contributed by atoms with Gasteiger partial charge in [0.2, 0.25) is 6.79 Å². The normalized spacial score (nSPS) is 19.6. The fourth-order valence-electron chi connectivity index (χ4n) is 3.28. The van der Waals surface area contributed by atoms with Gasteiger partial charge in [-0.3, -0.25) is 19.3 Å². The number of aromatic nitrogens is 1. The third-order valence-corrected chi connectivity index (χ3v) is 7.38. The predicted octanol–water partition coefficient (Wildman–Crippen LogP) is 1.55. The van der Waals surface area contributed by atoms with Crippen molar-refractivity contribution in [3.05, 3.63) is 21.8 Å². The highest BCUT2D eigenvalue weighted by Gasteiger charge is 2.54. The van der Waals surface area contributed by atoms with Gasteiger partial charge in [0.1, 0.15) is 29.9 Å². The maximum absolute atomic E-state index is 12.8. The summed E-state index contributed by atoms with van der Waals surface area (Å²) in [7, 11) is 1.27. The summed E-state index contributed by atoms with van der Waals surface area (Å²) in [5.74, 6) is -2.44. The first kappa shape index (κ1) is 26.8. The number of hydrogen-bond donors (Lipinski definition) is 2. The van der Waals surface area contributed by atoms with Crippen LogP contribution in [0.1, 0.15) is 38.3 Å². The van der Waals surface area contributed by atoms with Gasteiger partial charge in [-0.05, 0) is 6.42 Å². The van der Waals surface area contributed by atoms with E-state index in [1.807, 2.05) is 6.92 Å². The Hall–Kier alpha value is -2.84. The highest BCUT2D eigenvalue weighted by Crippen LogP contribution is 2.41. The van der Waals surface area contributed by atoms with Crippen molar-refractivity contribution in [2.24, 2.45) is 5.16 Å². The summed E-state index contributed by atoms with van der Waals surface area (Å²) in [6, 6.07) is -0.950. The molecule has 2 aliphatic rings. The molecule has 0 bridgehead atoms. The zero-order valence-corrected chi connectivity index (χ0v) is 21.3. The minimum atomic E-state index is -0.950. The van der Waals surface area contributed by atoms with Gasteiger partial charge in [0.05, 0.1) is 5.03 Å². The maximum atomic E-state index is 12.8. The number of unbranched alkanes of at least 4 members (excludes halogenated alkanes) is 2. The number of β-lactam (4-membered cyclic amide) rings is 1.